The molecule has 5 heteroatoms. The van der Waals surface area contributed by atoms with Crippen LogP contribution < -0.4 is 0 Å². The Labute approximate surface area is 138 Å². The Hall–Kier alpha value is -0.440. The van der Waals surface area contributed by atoms with E-state index < -0.39 is 0 Å². The van der Waals surface area contributed by atoms with Crippen molar-refractivity contribution >= 4 is 46.4 Å². The van der Waals surface area contributed by atoms with Crippen molar-refractivity contribution in [2.75, 3.05) is 0 Å². The van der Waals surface area contributed by atoms with Crippen molar-refractivity contribution in [3.8, 4) is 0 Å². The molecule has 0 radical (unpaired) electrons. The molecule has 1 atom stereocenters. The standard InChI is InChI=1S/C15H12Cl4O/c1-9(11-6-5-10(16)7-15(11)19)20-8-12-13(17)3-2-4-14(12)18/h2-7,9H,8H2,1H3. The minimum atomic E-state index is -0.188. The second-order valence-corrected chi connectivity index (χ2v) is 5.98. The molecule has 1 unspecified atom stereocenters. The van der Waals surface area contributed by atoms with Crippen LogP contribution in [0.25, 0.3) is 0 Å². The topological polar surface area (TPSA) is 9.23 Å². The third kappa shape index (κ3) is 3.81. The van der Waals surface area contributed by atoms with Crippen molar-refractivity contribution in [1.82, 2.24) is 0 Å². The first-order valence-electron chi connectivity index (χ1n) is 5.98. The third-order valence-corrected chi connectivity index (χ3v) is 4.21. The Kier molecular flexibility index (Phi) is 5.59. The van der Waals surface area contributed by atoms with Crippen molar-refractivity contribution in [2.24, 2.45) is 0 Å². The Morgan fingerprint density at radius 3 is 2.20 bits per heavy atom. The zero-order chi connectivity index (χ0) is 14.7. The van der Waals surface area contributed by atoms with Crippen LogP contribution in [-0.4, -0.2) is 0 Å². The number of hydrogen-bond acceptors (Lipinski definition) is 1. The van der Waals surface area contributed by atoms with E-state index in [0.717, 1.165) is 11.1 Å². The van der Waals surface area contributed by atoms with E-state index in [-0.39, 0.29) is 6.10 Å². The largest absolute Gasteiger partial charge is 0.369 e. The summed E-state index contributed by atoms with van der Waals surface area (Å²) in [5.41, 5.74) is 1.65. The van der Waals surface area contributed by atoms with E-state index in [1.165, 1.54) is 0 Å². The van der Waals surface area contributed by atoms with E-state index >= 15 is 0 Å². The van der Waals surface area contributed by atoms with Gasteiger partial charge in [-0.15, -0.1) is 0 Å². The lowest BCUT2D eigenvalue weighted by Crippen LogP contribution is -2.02. The first kappa shape index (κ1) is 15.9. The minimum Gasteiger partial charge on any atom is -0.369 e. The van der Waals surface area contributed by atoms with Gasteiger partial charge in [0, 0.05) is 25.7 Å². The summed E-state index contributed by atoms with van der Waals surface area (Å²) < 4.78 is 5.80. The molecule has 2 aromatic carbocycles. The van der Waals surface area contributed by atoms with Crippen LogP contribution in [0.5, 0.6) is 0 Å². The normalized spacial score (nSPS) is 12.4. The van der Waals surface area contributed by atoms with Gasteiger partial charge in [0.15, 0.2) is 0 Å². The predicted molar refractivity (Wildman–Crippen MR) is 86.1 cm³/mol. The molecule has 0 aromatic heterocycles. The molecule has 106 valence electrons. The smallest absolute Gasteiger partial charge is 0.0815 e. The SMILES string of the molecule is CC(OCc1c(Cl)cccc1Cl)c1ccc(Cl)cc1Cl. The van der Waals surface area contributed by atoms with Gasteiger partial charge in [0.2, 0.25) is 0 Å². The van der Waals surface area contributed by atoms with Gasteiger partial charge in [0.25, 0.3) is 0 Å². The van der Waals surface area contributed by atoms with Crippen molar-refractivity contribution < 1.29 is 4.74 Å². The van der Waals surface area contributed by atoms with E-state index in [4.69, 9.17) is 51.1 Å². The van der Waals surface area contributed by atoms with Crippen LogP contribution >= 0.6 is 46.4 Å². The molecule has 20 heavy (non-hydrogen) atoms. The maximum Gasteiger partial charge on any atom is 0.0815 e. The highest BCUT2D eigenvalue weighted by atomic mass is 35.5. The van der Waals surface area contributed by atoms with E-state index in [9.17, 15) is 0 Å². The first-order chi connectivity index (χ1) is 9.49. The molecule has 0 saturated heterocycles. The van der Waals surface area contributed by atoms with Gasteiger partial charge in [0.1, 0.15) is 0 Å². The average molecular weight is 350 g/mol. The quantitative estimate of drug-likeness (QED) is 0.605. The van der Waals surface area contributed by atoms with Crippen molar-refractivity contribution in [2.45, 2.75) is 19.6 Å². The average Bonchev–Trinajstić information content (AvgIpc) is 2.37. The summed E-state index contributed by atoms with van der Waals surface area (Å²) >= 11 is 24.2. The highest BCUT2D eigenvalue weighted by Crippen LogP contribution is 2.31. The second-order valence-electron chi connectivity index (χ2n) is 4.32. The number of halogens is 4. The summed E-state index contributed by atoms with van der Waals surface area (Å²) in [7, 11) is 0. The molecule has 0 bridgehead atoms. The van der Waals surface area contributed by atoms with Gasteiger partial charge in [-0.1, -0.05) is 58.5 Å². The van der Waals surface area contributed by atoms with Crippen LogP contribution in [0.15, 0.2) is 36.4 Å². The highest BCUT2D eigenvalue weighted by molar-refractivity contribution is 6.36. The molecule has 0 heterocycles. The lowest BCUT2D eigenvalue weighted by Gasteiger charge is -2.16. The van der Waals surface area contributed by atoms with Crippen LogP contribution in [0.2, 0.25) is 20.1 Å². The summed E-state index contributed by atoms with van der Waals surface area (Å²) in [6, 6.07) is 10.7. The Morgan fingerprint density at radius 1 is 0.950 bits per heavy atom. The monoisotopic (exact) mass is 348 g/mol. The van der Waals surface area contributed by atoms with E-state index in [1.807, 2.05) is 13.0 Å². The summed E-state index contributed by atoms with van der Waals surface area (Å²) in [4.78, 5) is 0. The predicted octanol–water partition coefficient (Wildman–Crippen LogP) is 6.58. The fraction of sp³-hybridized carbons (Fsp3) is 0.200. The lowest BCUT2D eigenvalue weighted by molar-refractivity contribution is 0.0527. The molecular formula is C15H12Cl4O. The maximum absolute atomic E-state index is 6.15. The Morgan fingerprint density at radius 2 is 1.60 bits per heavy atom. The summed E-state index contributed by atoms with van der Waals surface area (Å²) in [5, 5.41) is 2.36. The first-order valence-corrected chi connectivity index (χ1v) is 7.49. The van der Waals surface area contributed by atoms with Gasteiger partial charge < -0.3 is 4.74 Å². The third-order valence-electron chi connectivity index (χ3n) is 2.94. The number of hydrogen-bond donors (Lipinski definition) is 0. The molecule has 0 N–H and O–H groups in total. The summed E-state index contributed by atoms with van der Waals surface area (Å²) in [6.45, 7) is 2.23. The fourth-order valence-electron chi connectivity index (χ4n) is 1.80. The van der Waals surface area contributed by atoms with Gasteiger partial charge in [-0.05, 0) is 36.8 Å². The summed E-state index contributed by atoms with van der Waals surface area (Å²) in [5.74, 6) is 0. The van der Waals surface area contributed by atoms with Gasteiger partial charge >= 0.3 is 0 Å². The van der Waals surface area contributed by atoms with Crippen LogP contribution in [-0.2, 0) is 11.3 Å². The Bertz CT molecular complexity index is 593. The summed E-state index contributed by atoms with van der Waals surface area (Å²) in [6.07, 6.45) is -0.188. The van der Waals surface area contributed by atoms with Gasteiger partial charge in [-0.2, -0.15) is 0 Å². The van der Waals surface area contributed by atoms with Gasteiger partial charge in [0.05, 0.1) is 12.7 Å². The Balaban J connectivity index is 2.11. The number of benzene rings is 2. The van der Waals surface area contributed by atoms with Gasteiger partial charge in [-0.25, -0.2) is 0 Å². The molecule has 0 aliphatic carbocycles. The lowest BCUT2D eigenvalue weighted by atomic mass is 10.1. The molecule has 0 aliphatic heterocycles. The molecule has 0 aliphatic rings. The molecule has 2 rings (SSSR count). The maximum atomic E-state index is 6.15. The molecule has 0 amide bonds. The minimum absolute atomic E-state index is 0.188. The van der Waals surface area contributed by atoms with Crippen LogP contribution in [0.3, 0.4) is 0 Å². The molecular weight excluding hydrogens is 338 g/mol. The van der Waals surface area contributed by atoms with Crippen molar-refractivity contribution in [3.05, 3.63) is 67.6 Å². The zero-order valence-corrected chi connectivity index (χ0v) is 13.7. The fourth-order valence-corrected chi connectivity index (χ4v) is 2.87. The number of ether oxygens (including phenoxy) is 1. The number of rotatable bonds is 4. The van der Waals surface area contributed by atoms with Crippen molar-refractivity contribution in [3.63, 3.8) is 0 Å². The van der Waals surface area contributed by atoms with Crippen molar-refractivity contribution in [1.29, 1.82) is 0 Å². The molecule has 1 nitrogen and oxygen atoms in total. The zero-order valence-electron chi connectivity index (χ0n) is 10.7. The van der Waals surface area contributed by atoms with E-state index in [2.05, 4.69) is 0 Å². The molecule has 0 fully saturated rings. The van der Waals surface area contributed by atoms with Gasteiger partial charge in [-0.3, -0.25) is 0 Å². The van der Waals surface area contributed by atoms with Crippen LogP contribution in [0.4, 0.5) is 0 Å². The highest BCUT2D eigenvalue weighted by Gasteiger charge is 2.13. The van der Waals surface area contributed by atoms with E-state index in [1.54, 1.807) is 30.3 Å². The molecule has 0 saturated carbocycles. The van der Waals surface area contributed by atoms with Crippen LogP contribution in [0, 0.1) is 0 Å². The van der Waals surface area contributed by atoms with Crippen LogP contribution in [0.1, 0.15) is 24.2 Å². The van der Waals surface area contributed by atoms with E-state index in [0.29, 0.717) is 26.7 Å². The molecule has 0 spiro atoms. The molecule has 2 aromatic rings. The second kappa shape index (κ2) is 7.02.